The summed E-state index contributed by atoms with van der Waals surface area (Å²) in [5.41, 5.74) is 0.505. The highest BCUT2D eigenvalue weighted by Crippen LogP contribution is 2.13. The highest BCUT2D eigenvalue weighted by molar-refractivity contribution is 9.09. The van der Waals surface area contributed by atoms with Gasteiger partial charge in [0.25, 0.3) is 5.91 Å². The van der Waals surface area contributed by atoms with Crippen LogP contribution in [0.15, 0.2) is 24.3 Å². The molecule has 1 atom stereocenters. The van der Waals surface area contributed by atoms with Gasteiger partial charge in [-0.1, -0.05) is 28.9 Å². The Morgan fingerprint density at radius 1 is 1.60 bits per heavy atom. The molecule has 1 aromatic rings. The molecule has 0 aromatic heterocycles. The van der Waals surface area contributed by atoms with E-state index in [1.807, 2.05) is 6.92 Å². The number of carbonyl (C=O) groups excluding carboxylic acids is 1. The fourth-order valence-corrected chi connectivity index (χ4v) is 1.75. The Labute approximate surface area is 97.8 Å². The minimum atomic E-state index is -0.0859. The number of benzene rings is 1. The van der Waals surface area contributed by atoms with Gasteiger partial charge in [0.05, 0.1) is 0 Å². The van der Waals surface area contributed by atoms with Crippen molar-refractivity contribution in [2.75, 3.05) is 13.6 Å². The molecule has 82 valence electrons. The van der Waals surface area contributed by atoms with E-state index in [0.717, 1.165) is 0 Å². The van der Waals surface area contributed by atoms with E-state index in [1.54, 1.807) is 30.1 Å². The highest BCUT2D eigenvalue weighted by Gasteiger charge is 2.13. The number of aromatic hydroxyl groups is 1. The van der Waals surface area contributed by atoms with Gasteiger partial charge in [0, 0.05) is 24.0 Å². The van der Waals surface area contributed by atoms with Gasteiger partial charge in [-0.3, -0.25) is 4.79 Å². The normalized spacial score (nSPS) is 12.2. The van der Waals surface area contributed by atoms with Gasteiger partial charge >= 0.3 is 0 Å². The van der Waals surface area contributed by atoms with E-state index >= 15 is 0 Å². The van der Waals surface area contributed by atoms with Crippen molar-refractivity contribution in [1.82, 2.24) is 4.90 Å². The Balaban J connectivity index is 2.76. The number of rotatable bonds is 3. The molecule has 0 aliphatic heterocycles. The van der Waals surface area contributed by atoms with Crippen LogP contribution < -0.4 is 0 Å². The van der Waals surface area contributed by atoms with Crippen molar-refractivity contribution in [1.29, 1.82) is 0 Å². The molecule has 1 rings (SSSR count). The molecule has 0 heterocycles. The maximum Gasteiger partial charge on any atom is 0.253 e. The summed E-state index contributed by atoms with van der Waals surface area (Å²) in [6.07, 6.45) is 0. The zero-order valence-electron chi connectivity index (χ0n) is 8.77. The standard InChI is InChI=1S/C11H14BrNO2/c1-8(12)7-13(2)11(15)9-4-3-5-10(14)6-9/h3-6,8,14H,7H2,1-2H3. The first-order chi connectivity index (χ1) is 7.00. The van der Waals surface area contributed by atoms with Crippen LogP contribution in [0.4, 0.5) is 0 Å². The van der Waals surface area contributed by atoms with Gasteiger partial charge in [-0.05, 0) is 18.2 Å². The van der Waals surface area contributed by atoms with Crippen LogP contribution in [0.1, 0.15) is 17.3 Å². The van der Waals surface area contributed by atoms with E-state index in [2.05, 4.69) is 15.9 Å². The number of hydrogen-bond donors (Lipinski definition) is 1. The maximum atomic E-state index is 11.8. The first kappa shape index (κ1) is 12.0. The molecule has 4 heteroatoms. The molecule has 1 unspecified atom stereocenters. The number of nitrogens with zero attached hydrogens (tertiary/aromatic N) is 1. The van der Waals surface area contributed by atoms with Crippen molar-refractivity contribution >= 4 is 21.8 Å². The lowest BCUT2D eigenvalue weighted by Crippen LogP contribution is -2.31. The Morgan fingerprint density at radius 2 is 2.27 bits per heavy atom. The minimum Gasteiger partial charge on any atom is -0.508 e. The van der Waals surface area contributed by atoms with Gasteiger partial charge in [-0.25, -0.2) is 0 Å². The second kappa shape index (κ2) is 5.16. The van der Waals surface area contributed by atoms with Crippen LogP contribution >= 0.6 is 15.9 Å². The minimum absolute atomic E-state index is 0.0859. The molecule has 1 amide bonds. The summed E-state index contributed by atoms with van der Waals surface area (Å²) in [6.45, 7) is 2.61. The second-order valence-corrected chi connectivity index (χ2v) is 5.08. The molecule has 3 nitrogen and oxygen atoms in total. The molecule has 0 saturated heterocycles. The zero-order valence-corrected chi connectivity index (χ0v) is 10.4. The van der Waals surface area contributed by atoms with E-state index in [1.165, 1.54) is 6.07 Å². The SMILES string of the molecule is CC(Br)CN(C)C(=O)c1cccc(O)c1. The smallest absolute Gasteiger partial charge is 0.253 e. The van der Waals surface area contributed by atoms with Crippen LogP contribution in [0.5, 0.6) is 5.75 Å². The number of hydrogen-bond acceptors (Lipinski definition) is 2. The molecule has 0 fully saturated rings. The second-order valence-electron chi connectivity index (χ2n) is 3.52. The van der Waals surface area contributed by atoms with Gasteiger partial charge < -0.3 is 10.0 Å². The number of phenols is 1. The summed E-state index contributed by atoms with van der Waals surface area (Å²) >= 11 is 3.39. The van der Waals surface area contributed by atoms with E-state index in [0.29, 0.717) is 12.1 Å². The van der Waals surface area contributed by atoms with Gasteiger partial charge in [0.15, 0.2) is 0 Å². The van der Waals surface area contributed by atoms with Crippen LogP contribution in [0.2, 0.25) is 0 Å². The molecule has 1 aromatic carbocycles. The monoisotopic (exact) mass is 271 g/mol. The van der Waals surface area contributed by atoms with E-state index in [9.17, 15) is 9.90 Å². The lowest BCUT2D eigenvalue weighted by atomic mass is 10.2. The Kier molecular flexibility index (Phi) is 4.15. The third-order valence-corrected chi connectivity index (χ3v) is 2.25. The fraction of sp³-hybridized carbons (Fsp3) is 0.364. The Bertz CT molecular complexity index is 352. The van der Waals surface area contributed by atoms with Crippen molar-refractivity contribution in [3.8, 4) is 5.75 Å². The van der Waals surface area contributed by atoms with E-state index < -0.39 is 0 Å². The number of alkyl halides is 1. The summed E-state index contributed by atoms with van der Waals surface area (Å²) in [7, 11) is 1.74. The number of halogens is 1. The van der Waals surface area contributed by atoms with Gasteiger partial charge in [0.2, 0.25) is 0 Å². The maximum absolute atomic E-state index is 11.8. The van der Waals surface area contributed by atoms with Crippen molar-refractivity contribution in [3.05, 3.63) is 29.8 Å². The van der Waals surface area contributed by atoms with Crippen LogP contribution in [-0.4, -0.2) is 34.3 Å². The number of carbonyl (C=O) groups is 1. The van der Waals surface area contributed by atoms with Crippen LogP contribution in [-0.2, 0) is 0 Å². The van der Waals surface area contributed by atoms with Crippen molar-refractivity contribution in [3.63, 3.8) is 0 Å². The highest BCUT2D eigenvalue weighted by atomic mass is 79.9. The van der Waals surface area contributed by atoms with Crippen molar-refractivity contribution in [2.24, 2.45) is 0 Å². The lowest BCUT2D eigenvalue weighted by Gasteiger charge is -2.18. The lowest BCUT2D eigenvalue weighted by molar-refractivity contribution is 0.0797. The number of amides is 1. The Morgan fingerprint density at radius 3 is 2.80 bits per heavy atom. The van der Waals surface area contributed by atoms with Gasteiger partial charge in [-0.2, -0.15) is 0 Å². The molecular weight excluding hydrogens is 258 g/mol. The molecule has 0 spiro atoms. The topological polar surface area (TPSA) is 40.5 Å². The van der Waals surface area contributed by atoms with E-state index in [-0.39, 0.29) is 16.5 Å². The third kappa shape index (κ3) is 3.55. The Hall–Kier alpha value is -1.03. The molecule has 0 aliphatic rings. The molecule has 0 saturated carbocycles. The number of phenolic OH excluding ortho intramolecular Hbond substituents is 1. The molecule has 15 heavy (non-hydrogen) atoms. The molecule has 0 aliphatic carbocycles. The molecule has 0 bridgehead atoms. The summed E-state index contributed by atoms with van der Waals surface area (Å²) < 4.78 is 0. The van der Waals surface area contributed by atoms with Crippen LogP contribution in [0.25, 0.3) is 0 Å². The largest absolute Gasteiger partial charge is 0.508 e. The predicted octanol–water partition coefficient (Wildman–Crippen LogP) is 2.25. The summed E-state index contributed by atoms with van der Waals surface area (Å²) in [5, 5.41) is 9.25. The van der Waals surface area contributed by atoms with Crippen LogP contribution in [0.3, 0.4) is 0 Å². The van der Waals surface area contributed by atoms with Crippen molar-refractivity contribution in [2.45, 2.75) is 11.8 Å². The molecule has 0 radical (unpaired) electrons. The van der Waals surface area contributed by atoms with Gasteiger partial charge in [0.1, 0.15) is 5.75 Å². The summed E-state index contributed by atoms with van der Waals surface area (Å²) in [5.74, 6) is 0.0262. The summed E-state index contributed by atoms with van der Waals surface area (Å²) in [6, 6.07) is 6.37. The average molecular weight is 272 g/mol. The fourth-order valence-electron chi connectivity index (χ4n) is 1.32. The van der Waals surface area contributed by atoms with E-state index in [4.69, 9.17) is 0 Å². The van der Waals surface area contributed by atoms with Gasteiger partial charge in [-0.15, -0.1) is 0 Å². The average Bonchev–Trinajstić information content (AvgIpc) is 2.15. The first-order valence-corrected chi connectivity index (χ1v) is 5.61. The molecule has 1 N–H and O–H groups in total. The third-order valence-electron chi connectivity index (χ3n) is 1.97. The quantitative estimate of drug-likeness (QED) is 0.857. The summed E-state index contributed by atoms with van der Waals surface area (Å²) in [4.78, 5) is 13.7. The van der Waals surface area contributed by atoms with Crippen molar-refractivity contribution < 1.29 is 9.90 Å². The van der Waals surface area contributed by atoms with Crippen LogP contribution in [0, 0.1) is 0 Å². The first-order valence-electron chi connectivity index (χ1n) is 4.69. The predicted molar refractivity (Wildman–Crippen MR) is 63.5 cm³/mol. The zero-order chi connectivity index (χ0) is 11.4. The molecular formula is C11H14BrNO2.